The maximum Gasteiger partial charge on any atom is 0.341 e. The summed E-state index contributed by atoms with van der Waals surface area (Å²) in [5.41, 5.74) is -0.0267. The van der Waals surface area contributed by atoms with Crippen molar-refractivity contribution < 1.29 is 23.8 Å². The molecule has 0 bridgehead atoms. The van der Waals surface area contributed by atoms with Crippen molar-refractivity contribution >= 4 is 17.6 Å². The molecule has 2 rings (SSSR count). The summed E-state index contributed by atoms with van der Waals surface area (Å²) in [5.74, 6) is 0.0177. The van der Waals surface area contributed by atoms with E-state index in [1.54, 1.807) is 25.1 Å². The zero-order valence-electron chi connectivity index (χ0n) is 16.1. The highest BCUT2D eigenvalue weighted by molar-refractivity contribution is 6.00. The van der Waals surface area contributed by atoms with E-state index in [0.717, 1.165) is 19.3 Å². The first-order valence-electron chi connectivity index (χ1n) is 9.35. The maximum absolute atomic E-state index is 12.9. The van der Waals surface area contributed by atoms with Crippen LogP contribution in [0.5, 0.6) is 5.75 Å². The Labute approximate surface area is 155 Å². The number of nitrogens with one attached hydrogen (secondary N) is 1. The van der Waals surface area contributed by atoms with E-state index in [2.05, 4.69) is 5.32 Å². The number of carbonyl (C=O) groups is 2. The van der Waals surface area contributed by atoms with E-state index < -0.39 is 11.6 Å². The van der Waals surface area contributed by atoms with Crippen molar-refractivity contribution in [3.63, 3.8) is 0 Å². The molecular weight excluding hydrogens is 334 g/mol. The minimum absolute atomic E-state index is 0.188. The molecule has 1 aromatic carbocycles. The molecule has 0 aliphatic heterocycles. The van der Waals surface area contributed by atoms with Crippen LogP contribution in [0.3, 0.4) is 0 Å². The molecule has 1 fully saturated rings. The Morgan fingerprint density at radius 1 is 1.19 bits per heavy atom. The number of benzene rings is 1. The maximum atomic E-state index is 12.9. The third-order valence-electron chi connectivity index (χ3n) is 4.45. The summed E-state index contributed by atoms with van der Waals surface area (Å²) in [7, 11) is 0. The van der Waals surface area contributed by atoms with Crippen LogP contribution >= 0.6 is 0 Å². The van der Waals surface area contributed by atoms with Gasteiger partial charge in [0.25, 0.3) is 5.91 Å². The van der Waals surface area contributed by atoms with E-state index in [-0.39, 0.29) is 18.4 Å². The van der Waals surface area contributed by atoms with Crippen LogP contribution < -0.4 is 10.1 Å². The molecule has 6 nitrogen and oxygen atoms in total. The first-order chi connectivity index (χ1) is 12.5. The third-order valence-corrected chi connectivity index (χ3v) is 4.45. The Kier molecular flexibility index (Phi) is 7.03. The number of carbonyl (C=O) groups excluding carboxylic acids is 2. The van der Waals surface area contributed by atoms with Crippen molar-refractivity contribution in [2.24, 2.45) is 5.92 Å². The molecule has 0 unspecified atom stereocenters. The highest BCUT2D eigenvalue weighted by atomic mass is 16.5. The van der Waals surface area contributed by atoms with Crippen LogP contribution in [0.25, 0.3) is 0 Å². The zero-order valence-corrected chi connectivity index (χ0v) is 16.1. The summed E-state index contributed by atoms with van der Waals surface area (Å²) in [4.78, 5) is 25.1. The largest absolute Gasteiger partial charge is 0.493 e. The van der Waals surface area contributed by atoms with E-state index in [9.17, 15) is 9.59 Å². The SMILES string of the molecule is CCCO[C@@](C)(C(=O)Nc1ccc(OCC)c(C(=O)OCC)c1)C1CC1. The summed E-state index contributed by atoms with van der Waals surface area (Å²) in [6.07, 6.45) is 2.83. The standard InChI is InChI=1S/C20H29NO5/c1-5-12-26-20(4,14-8-9-14)19(23)21-15-10-11-17(24-6-2)16(13-15)18(22)25-7-3/h10-11,13-14H,5-9,12H2,1-4H3,(H,21,23)/t20-/m1/s1. The first kappa shape index (κ1) is 20.2. The van der Waals surface area contributed by atoms with Crippen LogP contribution in [0.1, 0.15) is 57.3 Å². The molecule has 1 aromatic rings. The molecule has 26 heavy (non-hydrogen) atoms. The fourth-order valence-electron chi connectivity index (χ4n) is 2.83. The number of esters is 1. The van der Waals surface area contributed by atoms with Gasteiger partial charge < -0.3 is 19.5 Å². The van der Waals surface area contributed by atoms with Crippen molar-refractivity contribution in [3.05, 3.63) is 23.8 Å². The third kappa shape index (κ3) is 4.75. The van der Waals surface area contributed by atoms with Gasteiger partial charge in [-0.25, -0.2) is 4.79 Å². The van der Waals surface area contributed by atoms with Crippen molar-refractivity contribution in [1.29, 1.82) is 0 Å². The van der Waals surface area contributed by atoms with Gasteiger partial charge in [0.2, 0.25) is 0 Å². The highest BCUT2D eigenvalue weighted by Gasteiger charge is 2.48. The smallest absolute Gasteiger partial charge is 0.341 e. The van der Waals surface area contributed by atoms with E-state index in [1.165, 1.54) is 0 Å². The number of hydrogen-bond donors (Lipinski definition) is 1. The molecule has 1 N–H and O–H groups in total. The van der Waals surface area contributed by atoms with Gasteiger partial charge in [-0.3, -0.25) is 4.79 Å². The Morgan fingerprint density at radius 3 is 2.50 bits per heavy atom. The van der Waals surface area contributed by atoms with Crippen molar-refractivity contribution in [1.82, 2.24) is 0 Å². The predicted octanol–water partition coefficient (Wildman–Crippen LogP) is 3.80. The van der Waals surface area contributed by atoms with Crippen LogP contribution in [0.4, 0.5) is 5.69 Å². The van der Waals surface area contributed by atoms with Crippen LogP contribution in [0, 0.1) is 5.92 Å². The molecular formula is C20H29NO5. The lowest BCUT2D eigenvalue weighted by Gasteiger charge is -2.28. The molecule has 0 heterocycles. The fourth-order valence-corrected chi connectivity index (χ4v) is 2.83. The molecule has 1 atom stereocenters. The second kappa shape index (κ2) is 9.03. The average molecular weight is 363 g/mol. The molecule has 0 spiro atoms. The number of hydrogen-bond acceptors (Lipinski definition) is 5. The molecule has 1 aliphatic carbocycles. The normalized spacial score (nSPS) is 15.8. The number of rotatable bonds is 10. The average Bonchev–Trinajstić information content (AvgIpc) is 3.46. The predicted molar refractivity (Wildman–Crippen MR) is 99.6 cm³/mol. The minimum Gasteiger partial charge on any atom is -0.493 e. The minimum atomic E-state index is -0.849. The van der Waals surface area contributed by atoms with Crippen molar-refractivity contribution in [2.75, 3.05) is 25.1 Å². The van der Waals surface area contributed by atoms with Gasteiger partial charge in [0, 0.05) is 12.3 Å². The lowest BCUT2D eigenvalue weighted by atomic mass is 9.98. The van der Waals surface area contributed by atoms with Gasteiger partial charge in [-0.2, -0.15) is 0 Å². The van der Waals surface area contributed by atoms with Gasteiger partial charge in [0.15, 0.2) is 0 Å². The Hall–Kier alpha value is -2.08. The molecule has 1 aliphatic rings. The van der Waals surface area contributed by atoms with Gasteiger partial charge in [-0.1, -0.05) is 6.92 Å². The lowest BCUT2D eigenvalue weighted by molar-refractivity contribution is -0.142. The molecule has 6 heteroatoms. The fraction of sp³-hybridized carbons (Fsp3) is 0.600. The van der Waals surface area contributed by atoms with Gasteiger partial charge in [-0.05, 0) is 64.2 Å². The van der Waals surface area contributed by atoms with Crippen molar-refractivity contribution in [3.8, 4) is 5.75 Å². The lowest BCUT2D eigenvalue weighted by Crippen LogP contribution is -2.45. The summed E-state index contributed by atoms with van der Waals surface area (Å²) >= 11 is 0. The van der Waals surface area contributed by atoms with Crippen LogP contribution in [-0.4, -0.2) is 37.3 Å². The van der Waals surface area contributed by atoms with Crippen LogP contribution in [0.2, 0.25) is 0 Å². The van der Waals surface area contributed by atoms with E-state index in [0.29, 0.717) is 30.2 Å². The first-order valence-corrected chi connectivity index (χ1v) is 9.35. The van der Waals surface area contributed by atoms with E-state index in [4.69, 9.17) is 14.2 Å². The Balaban J connectivity index is 2.20. The van der Waals surface area contributed by atoms with E-state index >= 15 is 0 Å². The molecule has 0 saturated heterocycles. The second-order valence-corrected chi connectivity index (χ2v) is 6.55. The summed E-state index contributed by atoms with van der Waals surface area (Å²) in [6, 6.07) is 4.99. The molecule has 1 saturated carbocycles. The van der Waals surface area contributed by atoms with Crippen molar-refractivity contribution in [2.45, 2.75) is 52.6 Å². The van der Waals surface area contributed by atoms with Gasteiger partial charge in [0.05, 0.1) is 13.2 Å². The highest BCUT2D eigenvalue weighted by Crippen LogP contribution is 2.42. The van der Waals surface area contributed by atoms with Crippen LogP contribution in [-0.2, 0) is 14.3 Å². The molecule has 0 aromatic heterocycles. The Bertz CT molecular complexity index is 641. The molecule has 144 valence electrons. The van der Waals surface area contributed by atoms with Gasteiger partial charge in [0.1, 0.15) is 16.9 Å². The number of ether oxygens (including phenoxy) is 3. The zero-order chi connectivity index (χ0) is 19.2. The molecule has 1 amide bonds. The number of anilines is 1. The topological polar surface area (TPSA) is 73.9 Å². The van der Waals surface area contributed by atoms with E-state index in [1.807, 2.05) is 20.8 Å². The quantitative estimate of drug-likeness (QED) is 0.640. The van der Waals surface area contributed by atoms with Crippen LogP contribution in [0.15, 0.2) is 18.2 Å². The molecule has 0 radical (unpaired) electrons. The summed E-state index contributed by atoms with van der Waals surface area (Å²) < 4.78 is 16.5. The van der Waals surface area contributed by atoms with Gasteiger partial charge >= 0.3 is 5.97 Å². The van der Waals surface area contributed by atoms with Gasteiger partial charge in [-0.15, -0.1) is 0 Å². The summed E-state index contributed by atoms with van der Waals surface area (Å²) in [5, 5.41) is 2.89. The summed E-state index contributed by atoms with van der Waals surface area (Å²) in [6.45, 7) is 8.69. The number of amides is 1. The second-order valence-electron chi connectivity index (χ2n) is 6.55. The Morgan fingerprint density at radius 2 is 1.92 bits per heavy atom. The monoisotopic (exact) mass is 363 g/mol.